The lowest BCUT2D eigenvalue weighted by Crippen LogP contribution is -2.27. The van der Waals surface area contributed by atoms with Gasteiger partial charge in [-0.3, -0.25) is 9.69 Å². The number of nitrogens with zero attached hydrogens (tertiary/aromatic N) is 1. The first kappa shape index (κ1) is 15.8. The fraction of sp³-hybridized carbons (Fsp3) is 0.588. The highest BCUT2D eigenvalue weighted by molar-refractivity contribution is 5.70. The summed E-state index contributed by atoms with van der Waals surface area (Å²) in [6.45, 7) is 9.38. The van der Waals surface area contributed by atoms with Crippen molar-refractivity contribution in [3.05, 3.63) is 29.3 Å². The zero-order valence-corrected chi connectivity index (χ0v) is 13.1. The number of likely N-dealkylation sites (tertiary alicyclic amines) is 1. The lowest BCUT2D eigenvalue weighted by Gasteiger charge is -2.16. The number of carboxylic acid groups (broad SMARTS) is 1. The quantitative estimate of drug-likeness (QED) is 0.875. The summed E-state index contributed by atoms with van der Waals surface area (Å²) in [6.07, 6.45) is 0.748. The topological polar surface area (TPSA) is 49.8 Å². The lowest BCUT2D eigenvalue weighted by atomic mass is 9.98. The smallest absolute Gasteiger partial charge is 0.307 e. The Bertz CT molecular complexity index is 499. The van der Waals surface area contributed by atoms with Crippen LogP contribution in [0.25, 0.3) is 0 Å². The molecule has 1 unspecified atom stereocenters. The highest BCUT2D eigenvalue weighted by Crippen LogP contribution is 2.23. The molecular weight excluding hydrogens is 266 g/mol. The second kappa shape index (κ2) is 6.94. The number of carbonyl (C=O) groups is 1. The van der Waals surface area contributed by atoms with Crippen molar-refractivity contribution in [3.63, 3.8) is 0 Å². The summed E-state index contributed by atoms with van der Waals surface area (Å²) in [6, 6.07) is 6.23. The summed E-state index contributed by atoms with van der Waals surface area (Å²) < 4.78 is 5.79. The molecule has 1 aromatic rings. The van der Waals surface area contributed by atoms with Gasteiger partial charge in [0.2, 0.25) is 0 Å². The molecule has 1 N–H and O–H groups in total. The summed E-state index contributed by atoms with van der Waals surface area (Å²) in [5.41, 5.74) is 2.61. The first-order chi connectivity index (χ1) is 9.97. The van der Waals surface area contributed by atoms with Gasteiger partial charge in [-0.15, -0.1) is 0 Å². The fourth-order valence-corrected chi connectivity index (χ4v) is 2.92. The standard InChI is InChI=1S/C17H25NO3/c1-12(2)16-5-4-15(10-13(16)3)21-9-8-18-7-6-14(11-18)17(19)20/h4-5,10,12,14H,6-9,11H2,1-3H3,(H,19,20). The Balaban J connectivity index is 1.79. The molecule has 1 aliphatic rings. The van der Waals surface area contributed by atoms with Crippen molar-refractivity contribution in [2.45, 2.75) is 33.1 Å². The van der Waals surface area contributed by atoms with E-state index >= 15 is 0 Å². The van der Waals surface area contributed by atoms with Crippen molar-refractivity contribution in [2.75, 3.05) is 26.2 Å². The van der Waals surface area contributed by atoms with E-state index in [2.05, 4.69) is 37.8 Å². The Kier molecular flexibility index (Phi) is 5.23. The van der Waals surface area contributed by atoms with Gasteiger partial charge in [0, 0.05) is 13.1 Å². The van der Waals surface area contributed by atoms with E-state index in [1.165, 1.54) is 11.1 Å². The minimum atomic E-state index is -0.682. The zero-order chi connectivity index (χ0) is 15.4. The molecule has 2 rings (SSSR count). The summed E-state index contributed by atoms with van der Waals surface area (Å²) in [7, 11) is 0. The maximum absolute atomic E-state index is 10.9. The van der Waals surface area contributed by atoms with E-state index in [0.717, 1.165) is 25.3 Å². The third kappa shape index (κ3) is 4.21. The van der Waals surface area contributed by atoms with Crippen LogP contribution in [0.4, 0.5) is 0 Å². The number of rotatable bonds is 6. The summed E-state index contributed by atoms with van der Waals surface area (Å²) in [4.78, 5) is 13.1. The number of ether oxygens (including phenoxy) is 1. The van der Waals surface area contributed by atoms with Gasteiger partial charge in [-0.2, -0.15) is 0 Å². The van der Waals surface area contributed by atoms with E-state index in [1.807, 2.05) is 6.07 Å². The molecular formula is C17H25NO3. The van der Waals surface area contributed by atoms with Gasteiger partial charge in [0.25, 0.3) is 0 Å². The number of aryl methyl sites for hydroxylation is 1. The van der Waals surface area contributed by atoms with Gasteiger partial charge in [-0.1, -0.05) is 19.9 Å². The molecule has 1 atom stereocenters. The van der Waals surface area contributed by atoms with Crippen LogP contribution in [-0.4, -0.2) is 42.2 Å². The molecule has 1 aliphatic heterocycles. The monoisotopic (exact) mass is 291 g/mol. The van der Waals surface area contributed by atoms with Crippen molar-refractivity contribution in [1.29, 1.82) is 0 Å². The molecule has 1 aromatic carbocycles. The van der Waals surface area contributed by atoms with Crippen LogP contribution in [-0.2, 0) is 4.79 Å². The van der Waals surface area contributed by atoms with E-state index in [0.29, 0.717) is 19.1 Å². The summed E-state index contributed by atoms with van der Waals surface area (Å²) in [5, 5.41) is 8.98. The van der Waals surface area contributed by atoms with E-state index in [-0.39, 0.29) is 5.92 Å². The van der Waals surface area contributed by atoms with Gasteiger partial charge in [0.05, 0.1) is 5.92 Å². The third-order valence-electron chi connectivity index (χ3n) is 4.16. The zero-order valence-electron chi connectivity index (χ0n) is 13.1. The second-order valence-corrected chi connectivity index (χ2v) is 6.15. The molecule has 4 heteroatoms. The molecule has 0 aromatic heterocycles. The largest absolute Gasteiger partial charge is 0.492 e. The van der Waals surface area contributed by atoms with Crippen molar-refractivity contribution < 1.29 is 14.6 Å². The third-order valence-corrected chi connectivity index (χ3v) is 4.16. The van der Waals surface area contributed by atoms with Crippen LogP contribution in [0.15, 0.2) is 18.2 Å². The maximum Gasteiger partial charge on any atom is 0.307 e. The predicted octanol–water partition coefficient (Wildman–Crippen LogP) is 2.90. The van der Waals surface area contributed by atoms with Gasteiger partial charge in [0.15, 0.2) is 0 Å². The summed E-state index contributed by atoms with van der Waals surface area (Å²) >= 11 is 0. The van der Waals surface area contributed by atoms with E-state index in [1.54, 1.807) is 0 Å². The van der Waals surface area contributed by atoms with Crippen molar-refractivity contribution in [1.82, 2.24) is 4.90 Å². The Morgan fingerprint density at radius 1 is 1.48 bits per heavy atom. The lowest BCUT2D eigenvalue weighted by molar-refractivity contribution is -0.141. The fourth-order valence-electron chi connectivity index (χ4n) is 2.92. The molecule has 4 nitrogen and oxygen atoms in total. The first-order valence-electron chi connectivity index (χ1n) is 7.66. The molecule has 1 saturated heterocycles. The van der Waals surface area contributed by atoms with E-state index in [4.69, 9.17) is 9.84 Å². The van der Waals surface area contributed by atoms with Crippen molar-refractivity contribution in [3.8, 4) is 5.75 Å². The van der Waals surface area contributed by atoms with Crippen molar-refractivity contribution in [2.24, 2.45) is 5.92 Å². The Labute approximate surface area is 126 Å². The second-order valence-electron chi connectivity index (χ2n) is 6.15. The van der Waals surface area contributed by atoms with Crippen LogP contribution in [0.5, 0.6) is 5.75 Å². The molecule has 0 bridgehead atoms. The van der Waals surface area contributed by atoms with Gasteiger partial charge in [-0.25, -0.2) is 0 Å². The van der Waals surface area contributed by atoms with Crippen LogP contribution in [0, 0.1) is 12.8 Å². The minimum absolute atomic E-state index is 0.211. The van der Waals surface area contributed by atoms with Crippen LogP contribution in [0.2, 0.25) is 0 Å². The SMILES string of the molecule is Cc1cc(OCCN2CCC(C(=O)O)C2)ccc1C(C)C. The van der Waals surface area contributed by atoms with Gasteiger partial charge in [0.1, 0.15) is 12.4 Å². The Morgan fingerprint density at radius 3 is 2.81 bits per heavy atom. The van der Waals surface area contributed by atoms with Crippen LogP contribution in [0.1, 0.15) is 37.3 Å². The average molecular weight is 291 g/mol. The van der Waals surface area contributed by atoms with E-state index in [9.17, 15) is 4.79 Å². The number of hydrogen-bond acceptors (Lipinski definition) is 3. The molecule has 0 radical (unpaired) electrons. The molecule has 1 heterocycles. The van der Waals surface area contributed by atoms with Gasteiger partial charge in [-0.05, 0) is 49.1 Å². The number of hydrogen-bond donors (Lipinski definition) is 1. The molecule has 1 fully saturated rings. The van der Waals surface area contributed by atoms with E-state index < -0.39 is 5.97 Å². The highest BCUT2D eigenvalue weighted by atomic mass is 16.5. The molecule has 0 saturated carbocycles. The molecule has 0 aliphatic carbocycles. The normalized spacial score (nSPS) is 19.1. The predicted molar refractivity (Wildman–Crippen MR) is 82.9 cm³/mol. The van der Waals surface area contributed by atoms with Crippen LogP contribution in [0.3, 0.4) is 0 Å². The average Bonchev–Trinajstić information content (AvgIpc) is 2.87. The minimum Gasteiger partial charge on any atom is -0.492 e. The first-order valence-corrected chi connectivity index (χ1v) is 7.66. The number of aliphatic carboxylic acids is 1. The highest BCUT2D eigenvalue weighted by Gasteiger charge is 2.27. The van der Waals surface area contributed by atoms with Crippen LogP contribution < -0.4 is 4.74 Å². The molecule has 21 heavy (non-hydrogen) atoms. The van der Waals surface area contributed by atoms with Gasteiger partial charge >= 0.3 is 5.97 Å². The maximum atomic E-state index is 10.9. The Morgan fingerprint density at radius 2 is 2.24 bits per heavy atom. The number of benzene rings is 1. The molecule has 0 spiro atoms. The number of carboxylic acids is 1. The van der Waals surface area contributed by atoms with Gasteiger partial charge < -0.3 is 9.84 Å². The molecule has 116 valence electrons. The molecule has 0 amide bonds. The van der Waals surface area contributed by atoms with Crippen molar-refractivity contribution >= 4 is 5.97 Å². The Hall–Kier alpha value is -1.55. The van der Waals surface area contributed by atoms with Crippen LogP contribution >= 0.6 is 0 Å². The summed E-state index contributed by atoms with van der Waals surface area (Å²) in [5.74, 6) is 0.526.